The van der Waals surface area contributed by atoms with Gasteiger partial charge in [-0.05, 0) is 25.0 Å². The van der Waals surface area contributed by atoms with Crippen LogP contribution in [0.2, 0.25) is 0 Å². The Morgan fingerprint density at radius 2 is 2.00 bits per heavy atom. The zero-order chi connectivity index (χ0) is 9.14. The van der Waals surface area contributed by atoms with Gasteiger partial charge in [0.2, 0.25) is 0 Å². The second-order valence-electron chi connectivity index (χ2n) is 3.12. The van der Waals surface area contributed by atoms with Crippen molar-refractivity contribution in [1.82, 2.24) is 0 Å². The minimum atomic E-state index is -0.496. The van der Waals surface area contributed by atoms with Crippen molar-refractivity contribution in [2.45, 2.75) is 19.9 Å². The van der Waals surface area contributed by atoms with Crippen molar-refractivity contribution in [2.75, 3.05) is 6.67 Å². The molecule has 13 heavy (non-hydrogen) atoms. The predicted octanol–water partition coefficient (Wildman–Crippen LogP) is 2.69. The first-order chi connectivity index (χ1) is 5.65. The van der Waals surface area contributed by atoms with Crippen molar-refractivity contribution in [3.05, 3.63) is 34.9 Å². The largest absolute Gasteiger partial charge is 0.322 e. The van der Waals surface area contributed by atoms with Gasteiger partial charge in [-0.2, -0.15) is 0 Å². The summed E-state index contributed by atoms with van der Waals surface area (Å²) < 4.78 is 12.3. The van der Waals surface area contributed by atoms with E-state index in [0.29, 0.717) is 0 Å². The molecule has 1 aromatic carbocycles. The SMILES string of the molecule is Cc1ccc(C)c([C@@H](N)CF)c1.Cl. The molecular weight excluding hydrogens is 189 g/mol. The van der Waals surface area contributed by atoms with Crippen LogP contribution < -0.4 is 5.73 Å². The van der Waals surface area contributed by atoms with Crippen LogP contribution in [0.25, 0.3) is 0 Å². The highest BCUT2D eigenvalue weighted by Crippen LogP contribution is 2.17. The summed E-state index contributed by atoms with van der Waals surface area (Å²) in [6.45, 7) is 3.43. The second kappa shape index (κ2) is 5.20. The first-order valence-corrected chi connectivity index (χ1v) is 4.04. The van der Waals surface area contributed by atoms with Crippen LogP contribution in [0.1, 0.15) is 22.7 Å². The van der Waals surface area contributed by atoms with Crippen molar-refractivity contribution >= 4 is 12.4 Å². The minimum Gasteiger partial charge on any atom is -0.322 e. The van der Waals surface area contributed by atoms with Crippen molar-refractivity contribution < 1.29 is 4.39 Å². The van der Waals surface area contributed by atoms with Crippen LogP contribution in [-0.4, -0.2) is 6.67 Å². The maximum Gasteiger partial charge on any atom is 0.109 e. The third kappa shape index (κ3) is 2.98. The second-order valence-corrected chi connectivity index (χ2v) is 3.12. The smallest absolute Gasteiger partial charge is 0.109 e. The number of rotatable bonds is 2. The molecular formula is C10H15ClFN. The fourth-order valence-electron chi connectivity index (χ4n) is 1.24. The fraction of sp³-hybridized carbons (Fsp3) is 0.400. The van der Waals surface area contributed by atoms with Gasteiger partial charge in [0.25, 0.3) is 0 Å². The Kier molecular flexibility index (Phi) is 4.96. The van der Waals surface area contributed by atoms with Gasteiger partial charge in [-0.15, -0.1) is 12.4 Å². The lowest BCUT2D eigenvalue weighted by molar-refractivity contribution is 0.436. The van der Waals surface area contributed by atoms with E-state index in [1.165, 1.54) is 0 Å². The molecule has 74 valence electrons. The van der Waals surface area contributed by atoms with Crippen LogP contribution in [0.15, 0.2) is 18.2 Å². The Bertz CT molecular complexity index is 276. The summed E-state index contributed by atoms with van der Waals surface area (Å²) in [6.07, 6.45) is 0. The van der Waals surface area contributed by atoms with Gasteiger partial charge in [0.15, 0.2) is 0 Å². The van der Waals surface area contributed by atoms with Crippen molar-refractivity contribution in [2.24, 2.45) is 5.73 Å². The molecule has 0 aromatic heterocycles. The van der Waals surface area contributed by atoms with E-state index in [-0.39, 0.29) is 12.4 Å². The fourth-order valence-corrected chi connectivity index (χ4v) is 1.24. The van der Waals surface area contributed by atoms with Gasteiger partial charge in [0.05, 0.1) is 6.04 Å². The molecule has 0 aliphatic carbocycles. The van der Waals surface area contributed by atoms with Crippen LogP contribution in [0.4, 0.5) is 4.39 Å². The summed E-state index contributed by atoms with van der Waals surface area (Å²) in [4.78, 5) is 0. The third-order valence-corrected chi connectivity index (χ3v) is 2.00. The van der Waals surface area contributed by atoms with Gasteiger partial charge in [0, 0.05) is 0 Å². The van der Waals surface area contributed by atoms with Crippen LogP contribution in [0, 0.1) is 13.8 Å². The number of aryl methyl sites for hydroxylation is 2. The van der Waals surface area contributed by atoms with E-state index in [1.807, 2.05) is 32.0 Å². The quantitative estimate of drug-likeness (QED) is 0.786. The molecule has 0 bridgehead atoms. The van der Waals surface area contributed by atoms with E-state index in [9.17, 15) is 4.39 Å². The third-order valence-electron chi connectivity index (χ3n) is 2.00. The number of halogens is 2. The Labute approximate surface area is 84.5 Å². The average molecular weight is 204 g/mol. The van der Waals surface area contributed by atoms with E-state index >= 15 is 0 Å². The van der Waals surface area contributed by atoms with Crippen LogP contribution in [0.5, 0.6) is 0 Å². The number of alkyl halides is 1. The maximum absolute atomic E-state index is 12.3. The van der Waals surface area contributed by atoms with Crippen molar-refractivity contribution in [1.29, 1.82) is 0 Å². The average Bonchev–Trinajstić information content (AvgIpc) is 2.08. The van der Waals surface area contributed by atoms with Gasteiger partial charge in [0.1, 0.15) is 6.67 Å². The molecule has 1 aromatic rings. The topological polar surface area (TPSA) is 26.0 Å². The Morgan fingerprint density at radius 3 is 2.54 bits per heavy atom. The molecule has 3 heteroatoms. The first-order valence-electron chi connectivity index (χ1n) is 4.04. The molecule has 0 radical (unpaired) electrons. The Balaban J connectivity index is 0.00000144. The number of nitrogens with two attached hydrogens (primary N) is 1. The van der Waals surface area contributed by atoms with Crippen LogP contribution >= 0.6 is 12.4 Å². The van der Waals surface area contributed by atoms with E-state index in [4.69, 9.17) is 5.73 Å². The molecule has 0 aliphatic heterocycles. The van der Waals surface area contributed by atoms with Crippen molar-refractivity contribution in [3.63, 3.8) is 0 Å². The minimum absolute atomic E-state index is 0. The van der Waals surface area contributed by atoms with E-state index < -0.39 is 12.7 Å². The highest BCUT2D eigenvalue weighted by Gasteiger charge is 2.07. The zero-order valence-electron chi connectivity index (χ0n) is 7.88. The lowest BCUT2D eigenvalue weighted by Gasteiger charge is -2.11. The molecule has 0 saturated heterocycles. The van der Waals surface area contributed by atoms with Gasteiger partial charge in [-0.3, -0.25) is 0 Å². The molecule has 2 N–H and O–H groups in total. The molecule has 0 unspecified atom stereocenters. The lowest BCUT2D eigenvalue weighted by atomic mass is 10.0. The molecule has 0 aliphatic rings. The normalized spacial score (nSPS) is 12.0. The Morgan fingerprint density at radius 1 is 1.38 bits per heavy atom. The maximum atomic E-state index is 12.3. The highest BCUT2D eigenvalue weighted by atomic mass is 35.5. The van der Waals surface area contributed by atoms with Crippen LogP contribution in [0.3, 0.4) is 0 Å². The highest BCUT2D eigenvalue weighted by molar-refractivity contribution is 5.85. The molecule has 1 nitrogen and oxygen atoms in total. The summed E-state index contributed by atoms with van der Waals surface area (Å²) in [5, 5.41) is 0. The zero-order valence-corrected chi connectivity index (χ0v) is 8.70. The van der Waals surface area contributed by atoms with Gasteiger partial charge in [-0.1, -0.05) is 23.8 Å². The number of hydrogen-bond donors (Lipinski definition) is 1. The monoisotopic (exact) mass is 203 g/mol. The summed E-state index contributed by atoms with van der Waals surface area (Å²) >= 11 is 0. The summed E-state index contributed by atoms with van der Waals surface area (Å²) in [5.41, 5.74) is 8.69. The van der Waals surface area contributed by atoms with Gasteiger partial charge >= 0.3 is 0 Å². The molecule has 0 saturated carbocycles. The van der Waals surface area contributed by atoms with Gasteiger partial charge in [-0.25, -0.2) is 4.39 Å². The number of hydrogen-bond acceptors (Lipinski definition) is 1. The number of benzene rings is 1. The molecule has 1 atom stereocenters. The Hall–Kier alpha value is -0.600. The summed E-state index contributed by atoms with van der Waals surface area (Å²) in [7, 11) is 0. The standard InChI is InChI=1S/C10H14FN.ClH/c1-7-3-4-8(2)9(5-7)10(12)6-11;/h3-5,10H,6,12H2,1-2H3;1H/t10-;/m0./s1. The molecule has 1 rings (SSSR count). The summed E-state index contributed by atoms with van der Waals surface area (Å²) in [6, 6.07) is 5.45. The van der Waals surface area contributed by atoms with E-state index in [0.717, 1.165) is 16.7 Å². The summed E-state index contributed by atoms with van der Waals surface area (Å²) in [5.74, 6) is 0. The van der Waals surface area contributed by atoms with Crippen LogP contribution in [-0.2, 0) is 0 Å². The van der Waals surface area contributed by atoms with Crippen molar-refractivity contribution in [3.8, 4) is 0 Å². The van der Waals surface area contributed by atoms with Gasteiger partial charge < -0.3 is 5.73 Å². The lowest BCUT2D eigenvalue weighted by Crippen LogP contribution is -2.13. The molecule has 0 heterocycles. The van der Waals surface area contributed by atoms with E-state index in [2.05, 4.69) is 0 Å². The molecule has 0 spiro atoms. The first kappa shape index (κ1) is 12.4. The molecule has 0 fully saturated rings. The van der Waals surface area contributed by atoms with E-state index in [1.54, 1.807) is 0 Å². The molecule has 0 amide bonds. The predicted molar refractivity (Wildman–Crippen MR) is 56.1 cm³/mol.